The molecule has 0 unspecified atom stereocenters. The van der Waals surface area contributed by atoms with Gasteiger partial charge in [0.15, 0.2) is 5.13 Å². The first kappa shape index (κ1) is 14.3. The summed E-state index contributed by atoms with van der Waals surface area (Å²) in [7, 11) is -1.55. The Kier molecular flexibility index (Phi) is 3.76. The summed E-state index contributed by atoms with van der Waals surface area (Å²) in [6.07, 6.45) is 0.856. The number of aromatic nitrogens is 1. The highest BCUT2D eigenvalue weighted by molar-refractivity contribution is 7.94. The van der Waals surface area contributed by atoms with Crippen LogP contribution in [0.5, 0.6) is 0 Å². The largest absolute Gasteiger partial charge is 0.301 e. The molecule has 1 N–H and O–H groups in total. The maximum Gasteiger partial charge on any atom is 0.273 e. The fraction of sp³-hybridized carbons (Fsp3) is 0.364. The van der Waals surface area contributed by atoms with Crippen molar-refractivity contribution in [1.82, 2.24) is 9.88 Å². The number of sulfonamides is 1. The van der Waals surface area contributed by atoms with Crippen LogP contribution in [0, 0.1) is 0 Å². The minimum absolute atomic E-state index is 0.202. The number of rotatable bonds is 3. The molecule has 0 fully saturated rings. The third-order valence-corrected chi connectivity index (χ3v) is 7.15. The molecule has 1 aliphatic rings. The first-order chi connectivity index (χ1) is 9.44. The Hall–Kier alpha value is -0.670. The van der Waals surface area contributed by atoms with Crippen molar-refractivity contribution in [2.24, 2.45) is 0 Å². The van der Waals surface area contributed by atoms with Gasteiger partial charge in [0.05, 0.1) is 10.0 Å². The highest BCUT2D eigenvalue weighted by Crippen LogP contribution is 2.31. The predicted molar refractivity (Wildman–Crippen MR) is 82.3 cm³/mol. The van der Waals surface area contributed by atoms with E-state index in [-0.39, 0.29) is 4.21 Å². The lowest BCUT2D eigenvalue weighted by atomic mass is 10.2. The number of anilines is 1. The molecule has 0 aromatic carbocycles. The van der Waals surface area contributed by atoms with E-state index in [4.69, 9.17) is 11.6 Å². The molecule has 3 rings (SSSR count). The quantitative estimate of drug-likeness (QED) is 0.925. The van der Waals surface area contributed by atoms with E-state index >= 15 is 0 Å². The third-order valence-electron chi connectivity index (χ3n) is 2.96. The van der Waals surface area contributed by atoms with Crippen LogP contribution in [0.3, 0.4) is 0 Å². The van der Waals surface area contributed by atoms with Gasteiger partial charge in [0, 0.05) is 24.4 Å². The Morgan fingerprint density at radius 2 is 2.20 bits per heavy atom. The molecule has 1 aliphatic heterocycles. The molecule has 0 spiro atoms. The predicted octanol–water partition coefficient (Wildman–Crippen LogP) is 2.65. The van der Waals surface area contributed by atoms with E-state index in [1.54, 1.807) is 6.07 Å². The summed E-state index contributed by atoms with van der Waals surface area (Å²) in [6, 6.07) is 3.07. The minimum Gasteiger partial charge on any atom is -0.301 e. The first-order valence-corrected chi connectivity index (χ1v) is 9.39. The van der Waals surface area contributed by atoms with Crippen LogP contribution < -0.4 is 4.72 Å². The lowest BCUT2D eigenvalue weighted by molar-refractivity contribution is 0.314. The van der Waals surface area contributed by atoms with Crippen molar-refractivity contribution in [1.29, 1.82) is 0 Å². The summed E-state index contributed by atoms with van der Waals surface area (Å²) >= 11 is 8.20. The van der Waals surface area contributed by atoms with E-state index in [1.165, 1.54) is 17.4 Å². The van der Waals surface area contributed by atoms with E-state index < -0.39 is 10.0 Å². The maximum absolute atomic E-state index is 12.2. The molecule has 0 saturated heterocycles. The van der Waals surface area contributed by atoms with Crippen molar-refractivity contribution in [3.63, 3.8) is 0 Å². The van der Waals surface area contributed by atoms with Gasteiger partial charge in [-0.25, -0.2) is 13.4 Å². The summed E-state index contributed by atoms with van der Waals surface area (Å²) in [4.78, 5) is 7.69. The number of halogens is 1. The summed E-state index contributed by atoms with van der Waals surface area (Å²) in [5, 5.41) is 0.426. The second-order valence-electron chi connectivity index (χ2n) is 4.54. The lowest BCUT2D eigenvalue weighted by Crippen LogP contribution is -2.25. The van der Waals surface area contributed by atoms with Crippen molar-refractivity contribution in [3.05, 3.63) is 27.0 Å². The Bertz CT molecular complexity index is 738. The van der Waals surface area contributed by atoms with Gasteiger partial charge in [0.1, 0.15) is 4.21 Å². The molecular formula is C11H12ClN3O2S3. The van der Waals surface area contributed by atoms with Crippen LogP contribution >= 0.6 is 34.3 Å². The standard InChI is InChI=1S/C11H12ClN3O2S3/c1-15-5-4-7-8(6-15)18-11(13-7)14-20(16,17)10-3-2-9(12)19-10/h2-3H,4-6H2,1H3,(H,13,14). The van der Waals surface area contributed by atoms with Crippen molar-refractivity contribution < 1.29 is 8.42 Å². The number of thiophene rings is 1. The Balaban J connectivity index is 1.85. The molecule has 108 valence electrons. The lowest BCUT2D eigenvalue weighted by Gasteiger charge is -2.20. The van der Waals surface area contributed by atoms with Gasteiger partial charge in [0.2, 0.25) is 0 Å². The molecule has 0 radical (unpaired) electrons. The van der Waals surface area contributed by atoms with Gasteiger partial charge in [-0.05, 0) is 19.2 Å². The zero-order valence-electron chi connectivity index (χ0n) is 10.6. The van der Waals surface area contributed by atoms with E-state index in [0.29, 0.717) is 9.47 Å². The van der Waals surface area contributed by atoms with Crippen molar-refractivity contribution >= 4 is 49.4 Å². The van der Waals surface area contributed by atoms with E-state index in [1.807, 2.05) is 7.05 Å². The van der Waals surface area contributed by atoms with E-state index in [0.717, 1.165) is 41.4 Å². The molecule has 2 aromatic rings. The number of nitrogens with one attached hydrogen (secondary N) is 1. The molecular weight excluding hydrogens is 338 g/mol. The number of nitrogens with zero attached hydrogens (tertiary/aromatic N) is 2. The van der Waals surface area contributed by atoms with E-state index in [2.05, 4.69) is 14.6 Å². The average molecular weight is 350 g/mol. The molecule has 9 heteroatoms. The number of hydrogen-bond acceptors (Lipinski definition) is 6. The van der Waals surface area contributed by atoms with Crippen LogP contribution in [0.15, 0.2) is 16.3 Å². The Morgan fingerprint density at radius 3 is 2.90 bits per heavy atom. The van der Waals surface area contributed by atoms with Crippen molar-refractivity contribution in [2.75, 3.05) is 18.3 Å². The second-order valence-corrected chi connectivity index (χ2v) is 9.25. The van der Waals surface area contributed by atoms with Crippen LogP contribution in [-0.4, -0.2) is 31.9 Å². The molecule has 0 bridgehead atoms. The number of likely N-dealkylation sites (N-methyl/N-ethyl adjacent to an activating group) is 1. The molecule has 3 heterocycles. The smallest absolute Gasteiger partial charge is 0.273 e. The molecule has 20 heavy (non-hydrogen) atoms. The van der Waals surface area contributed by atoms with Gasteiger partial charge in [0.25, 0.3) is 10.0 Å². The van der Waals surface area contributed by atoms with E-state index in [9.17, 15) is 8.42 Å². The number of thiazole rings is 1. The number of hydrogen-bond donors (Lipinski definition) is 1. The summed E-state index contributed by atoms with van der Waals surface area (Å²) in [5.74, 6) is 0. The SMILES string of the molecule is CN1CCc2nc(NS(=O)(=O)c3ccc(Cl)s3)sc2C1. The van der Waals surface area contributed by atoms with Gasteiger partial charge >= 0.3 is 0 Å². The average Bonchev–Trinajstić information content (AvgIpc) is 2.94. The monoisotopic (exact) mass is 349 g/mol. The van der Waals surface area contributed by atoms with Crippen LogP contribution in [0.4, 0.5) is 5.13 Å². The molecule has 0 amide bonds. The maximum atomic E-state index is 12.2. The molecule has 0 atom stereocenters. The molecule has 2 aromatic heterocycles. The highest BCUT2D eigenvalue weighted by Gasteiger charge is 2.22. The van der Waals surface area contributed by atoms with Crippen molar-refractivity contribution in [3.8, 4) is 0 Å². The van der Waals surface area contributed by atoms with Gasteiger partial charge in [-0.3, -0.25) is 4.72 Å². The Morgan fingerprint density at radius 1 is 1.40 bits per heavy atom. The van der Waals surface area contributed by atoms with Gasteiger partial charge in [-0.15, -0.1) is 11.3 Å². The molecule has 5 nitrogen and oxygen atoms in total. The zero-order chi connectivity index (χ0) is 14.3. The second kappa shape index (κ2) is 5.27. The summed E-state index contributed by atoms with van der Waals surface area (Å²) < 4.78 is 27.6. The summed E-state index contributed by atoms with van der Waals surface area (Å²) in [5.41, 5.74) is 0.995. The van der Waals surface area contributed by atoms with Gasteiger partial charge in [-0.2, -0.15) is 0 Å². The summed E-state index contributed by atoms with van der Waals surface area (Å²) in [6.45, 7) is 1.77. The van der Waals surface area contributed by atoms with Gasteiger partial charge < -0.3 is 4.90 Å². The fourth-order valence-electron chi connectivity index (χ4n) is 1.97. The Labute approximate surface area is 130 Å². The zero-order valence-corrected chi connectivity index (χ0v) is 13.8. The highest BCUT2D eigenvalue weighted by atomic mass is 35.5. The normalized spacial score (nSPS) is 16.1. The third kappa shape index (κ3) is 2.84. The van der Waals surface area contributed by atoms with Crippen LogP contribution in [0.1, 0.15) is 10.6 Å². The first-order valence-electron chi connectivity index (χ1n) is 5.89. The fourth-order valence-corrected chi connectivity index (χ4v) is 5.78. The van der Waals surface area contributed by atoms with Crippen LogP contribution in [-0.2, 0) is 23.0 Å². The van der Waals surface area contributed by atoms with Crippen LogP contribution in [0.2, 0.25) is 4.34 Å². The molecule has 0 saturated carbocycles. The molecule has 0 aliphatic carbocycles. The van der Waals surface area contributed by atoms with Gasteiger partial charge in [-0.1, -0.05) is 22.9 Å². The minimum atomic E-state index is -3.59. The number of fused-ring (bicyclic) bond motifs is 1. The van der Waals surface area contributed by atoms with Crippen molar-refractivity contribution in [2.45, 2.75) is 17.2 Å². The topological polar surface area (TPSA) is 62.3 Å². The van der Waals surface area contributed by atoms with Crippen LogP contribution in [0.25, 0.3) is 0 Å².